The Kier molecular flexibility index (Phi) is 5.14. The lowest BCUT2D eigenvalue weighted by molar-refractivity contribution is 0.0930. The number of aromatic nitrogens is 2. The van der Waals surface area contributed by atoms with Crippen molar-refractivity contribution >= 4 is 17.6 Å². The Morgan fingerprint density at radius 1 is 1.17 bits per heavy atom. The van der Waals surface area contributed by atoms with Gasteiger partial charge in [0.15, 0.2) is 11.5 Å². The van der Waals surface area contributed by atoms with Gasteiger partial charge in [-0.05, 0) is 42.2 Å². The zero-order valence-corrected chi connectivity index (χ0v) is 16.3. The minimum absolute atomic E-state index is 0.0157. The van der Waals surface area contributed by atoms with Crippen molar-refractivity contribution in [3.8, 4) is 11.3 Å². The molecule has 4 rings (SSSR count). The first kappa shape index (κ1) is 19.5. The maximum Gasteiger partial charge on any atom is 0.273 e. The SMILES string of the molecule is CNC(=O)c1nc(-c2ccc(F)c(C(=O)N[C@H]3CCc4ccccc43)c2)cnc1N. The largest absolute Gasteiger partial charge is 0.382 e. The third kappa shape index (κ3) is 3.59. The van der Waals surface area contributed by atoms with Crippen LogP contribution in [0.2, 0.25) is 0 Å². The van der Waals surface area contributed by atoms with Gasteiger partial charge in [-0.15, -0.1) is 0 Å². The van der Waals surface area contributed by atoms with Crippen LogP contribution in [0.3, 0.4) is 0 Å². The van der Waals surface area contributed by atoms with Crippen LogP contribution in [0.15, 0.2) is 48.7 Å². The van der Waals surface area contributed by atoms with Gasteiger partial charge in [-0.3, -0.25) is 9.59 Å². The molecule has 1 atom stereocenters. The number of nitrogens with one attached hydrogen (secondary N) is 2. The molecule has 1 heterocycles. The van der Waals surface area contributed by atoms with Crippen molar-refractivity contribution in [2.75, 3.05) is 12.8 Å². The first-order valence-electron chi connectivity index (χ1n) is 9.51. The molecule has 0 fully saturated rings. The molecule has 0 bridgehead atoms. The van der Waals surface area contributed by atoms with E-state index in [9.17, 15) is 14.0 Å². The van der Waals surface area contributed by atoms with E-state index >= 15 is 0 Å². The van der Waals surface area contributed by atoms with Gasteiger partial charge >= 0.3 is 0 Å². The second kappa shape index (κ2) is 7.90. The van der Waals surface area contributed by atoms with Crippen LogP contribution in [0.25, 0.3) is 11.3 Å². The van der Waals surface area contributed by atoms with Crippen LogP contribution in [-0.2, 0) is 6.42 Å². The number of aryl methyl sites for hydroxylation is 1. The van der Waals surface area contributed by atoms with Gasteiger partial charge in [0.2, 0.25) is 0 Å². The van der Waals surface area contributed by atoms with Crippen molar-refractivity contribution in [2.24, 2.45) is 0 Å². The summed E-state index contributed by atoms with van der Waals surface area (Å²) in [5.41, 5.74) is 8.59. The molecule has 1 aliphatic rings. The minimum Gasteiger partial charge on any atom is -0.382 e. The van der Waals surface area contributed by atoms with Crippen LogP contribution in [0, 0.1) is 5.82 Å². The van der Waals surface area contributed by atoms with Gasteiger partial charge in [0, 0.05) is 12.6 Å². The highest BCUT2D eigenvalue weighted by Gasteiger charge is 2.25. The van der Waals surface area contributed by atoms with E-state index in [-0.39, 0.29) is 23.1 Å². The highest BCUT2D eigenvalue weighted by atomic mass is 19.1. The average Bonchev–Trinajstić information content (AvgIpc) is 3.16. The normalized spacial score (nSPS) is 14.8. The predicted octanol–water partition coefficient (Wildman–Crippen LogP) is 2.64. The number of rotatable bonds is 4. The lowest BCUT2D eigenvalue weighted by Crippen LogP contribution is -2.28. The van der Waals surface area contributed by atoms with E-state index in [4.69, 9.17) is 5.73 Å². The number of hydrogen-bond donors (Lipinski definition) is 3. The molecule has 4 N–H and O–H groups in total. The van der Waals surface area contributed by atoms with E-state index in [1.807, 2.05) is 24.3 Å². The molecule has 152 valence electrons. The predicted molar refractivity (Wildman–Crippen MR) is 110 cm³/mol. The molecular formula is C22H20FN5O2. The van der Waals surface area contributed by atoms with Crippen LogP contribution >= 0.6 is 0 Å². The van der Waals surface area contributed by atoms with E-state index in [1.54, 1.807) is 0 Å². The van der Waals surface area contributed by atoms with Crippen LogP contribution in [0.1, 0.15) is 44.4 Å². The molecule has 3 aromatic rings. The highest BCUT2D eigenvalue weighted by Crippen LogP contribution is 2.31. The van der Waals surface area contributed by atoms with Gasteiger partial charge in [-0.25, -0.2) is 14.4 Å². The molecule has 1 aromatic heterocycles. The van der Waals surface area contributed by atoms with Crippen molar-refractivity contribution in [1.82, 2.24) is 20.6 Å². The molecular weight excluding hydrogens is 385 g/mol. The average molecular weight is 405 g/mol. The Labute approximate surface area is 172 Å². The molecule has 0 unspecified atom stereocenters. The number of hydrogen-bond acceptors (Lipinski definition) is 5. The maximum absolute atomic E-state index is 14.5. The van der Waals surface area contributed by atoms with Crippen molar-refractivity contribution < 1.29 is 14.0 Å². The Hall–Kier alpha value is -3.81. The Morgan fingerprint density at radius 3 is 2.77 bits per heavy atom. The summed E-state index contributed by atoms with van der Waals surface area (Å²) < 4.78 is 14.5. The number of nitrogens with zero attached hydrogens (tertiary/aromatic N) is 2. The third-order valence-electron chi connectivity index (χ3n) is 5.19. The number of amides is 2. The van der Waals surface area contributed by atoms with Crippen LogP contribution < -0.4 is 16.4 Å². The second-order valence-electron chi connectivity index (χ2n) is 7.03. The lowest BCUT2D eigenvalue weighted by atomic mass is 10.1. The summed E-state index contributed by atoms with van der Waals surface area (Å²) >= 11 is 0. The van der Waals surface area contributed by atoms with Gasteiger partial charge in [0.25, 0.3) is 11.8 Å². The first-order chi connectivity index (χ1) is 14.5. The topological polar surface area (TPSA) is 110 Å². The van der Waals surface area contributed by atoms with E-state index in [2.05, 4.69) is 20.6 Å². The quantitative estimate of drug-likeness (QED) is 0.618. The van der Waals surface area contributed by atoms with E-state index in [0.29, 0.717) is 11.3 Å². The van der Waals surface area contributed by atoms with Crippen LogP contribution in [-0.4, -0.2) is 28.8 Å². The second-order valence-corrected chi connectivity index (χ2v) is 7.03. The van der Waals surface area contributed by atoms with Crippen LogP contribution in [0.5, 0.6) is 0 Å². The number of fused-ring (bicyclic) bond motifs is 1. The number of nitrogens with two attached hydrogens (primary N) is 1. The minimum atomic E-state index is -0.641. The lowest BCUT2D eigenvalue weighted by Gasteiger charge is -2.15. The fraction of sp³-hybridized carbons (Fsp3) is 0.182. The maximum atomic E-state index is 14.5. The Balaban J connectivity index is 1.63. The van der Waals surface area contributed by atoms with Crippen molar-refractivity contribution in [2.45, 2.75) is 18.9 Å². The van der Waals surface area contributed by atoms with Gasteiger partial charge in [-0.1, -0.05) is 24.3 Å². The summed E-state index contributed by atoms with van der Waals surface area (Å²) in [4.78, 5) is 33.0. The summed E-state index contributed by atoms with van der Waals surface area (Å²) in [5, 5.41) is 5.36. The molecule has 7 nitrogen and oxygen atoms in total. The van der Waals surface area contributed by atoms with Crippen molar-refractivity contribution in [3.63, 3.8) is 0 Å². The van der Waals surface area contributed by atoms with Gasteiger partial charge < -0.3 is 16.4 Å². The van der Waals surface area contributed by atoms with Gasteiger partial charge in [-0.2, -0.15) is 0 Å². The summed E-state index contributed by atoms with van der Waals surface area (Å²) in [5.74, 6) is -1.65. The van der Waals surface area contributed by atoms with Gasteiger partial charge in [0.05, 0.1) is 23.5 Å². The van der Waals surface area contributed by atoms with E-state index < -0.39 is 17.6 Å². The summed E-state index contributed by atoms with van der Waals surface area (Å²) in [7, 11) is 1.46. The zero-order valence-electron chi connectivity index (χ0n) is 16.3. The summed E-state index contributed by atoms with van der Waals surface area (Å²) in [6, 6.07) is 11.8. The number of carbonyl (C=O) groups excluding carboxylic acids is 2. The van der Waals surface area contributed by atoms with Crippen LogP contribution in [0.4, 0.5) is 10.2 Å². The highest BCUT2D eigenvalue weighted by molar-refractivity contribution is 5.97. The fourth-order valence-corrected chi connectivity index (χ4v) is 3.62. The van der Waals surface area contributed by atoms with Crippen molar-refractivity contribution in [3.05, 3.63) is 76.9 Å². The number of nitrogen functional groups attached to an aromatic ring is 1. The number of halogens is 1. The molecule has 8 heteroatoms. The molecule has 0 aliphatic heterocycles. The fourth-order valence-electron chi connectivity index (χ4n) is 3.62. The summed E-state index contributed by atoms with van der Waals surface area (Å²) in [6.07, 6.45) is 3.02. The monoisotopic (exact) mass is 405 g/mol. The molecule has 0 saturated carbocycles. The van der Waals surface area contributed by atoms with Gasteiger partial charge in [0.1, 0.15) is 5.82 Å². The molecule has 1 aliphatic carbocycles. The smallest absolute Gasteiger partial charge is 0.273 e. The number of carbonyl (C=O) groups is 2. The zero-order chi connectivity index (χ0) is 21.3. The Morgan fingerprint density at radius 2 is 1.97 bits per heavy atom. The standard InChI is InChI=1S/C22H20FN5O2/c1-25-22(30)19-20(24)26-11-18(27-19)13-6-8-16(23)15(10-13)21(29)28-17-9-7-12-4-2-3-5-14(12)17/h2-6,8,10-11,17H,7,9H2,1H3,(H2,24,26)(H,25,30)(H,28,29)/t17-/m0/s1. The molecule has 2 aromatic carbocycles. The number of anilines is 1. The molecule has 0 saturated heterocycles. The van der Waals surface area contributed by atoms with Crippen molar-refractivity contribution in [1.29, 1.82) is 0 Å². The van der Waals surface area contributed by atoms with E-state index in [1.165, 1.54) is 37.0 Å². The van der Waals surface area contributed by atoms with E-state index in [0.717, 1.165) is 18.4 Å². The number of benzene rings is 2. The molecule has 2 amide bonds. The summed E-state index contributed by atoms with van der Waals surface area (Å²) in [6.45, 7) is 0. The molecule has 0 spiro atoms. The first-order valence-corrected chi connectivity index (χ1v) is 9.51. The molecule has 0 radical (unpaired) electrons. The Bertz CT molecular complexity index is 1150. The third-order valence-corrected chi connectivity index (χ3v) is 5.19. The molecule has 30 heavy (non-hydrogen) atoms.